The van der Waals surface area contributed by atoms with Crippen molar-refractivity contribution in [2.24, 2.45) is 0 Å². The van der Waals surface area contributed by atoms with Crippen LogP contribution in [0.4, 0.5) is 5.69 Å². The van der Waals surface area contributed by atoms with E-state index in [4.69, 9.17) is 5.10 Å². The molecule has 2 heterocycles. The summed E-state index contributed by atoms with van der Waals surface area (Å²) in [4.78, 5) is 10.6. The van der Waals surface area contributed by atoms with E-state index in [2.05, 4.69) is 30.3 Å². The summed E-state index contributed by atoms with van der Waals surface area (Å²) < 4.78 is 1.95. The van der Waals surface area contributed by atoms with Crippen LogP contribution in [0.1, 0.15) is 0 Å². The van der Waals surface area contributed by atoms with E-state index >= 15 is 0 Å². The summed E-state index contributed by atoms with van der Waals surface area (Å²) in [5.41, 5.74) is 5.80. The van der Waals surface area contributed by atoms with Crippen molar-refractivity contribution < 1.29 is 4.92 Å². The van der Waals surface area contributed by atoms with Gasteiger partial charge in [-0.25, -0.2) is 4.52 Å². The molecule has 0 aliphatic carbocycles. The Kier molecular flexibility index (Phi) is 3.66. The second kappa shape index (κ2) is 6.32. The first kappa shape index (κ1) is 16.2. The van der Waals surface area contributed by atoms with Crippen LogP contribution in [0.5, 0.6) is 0 Å². The van der Waals surface area contributed by atoms with Crippen LogP contribution in [0.3, 0.4) is 0 Å². The molecule has 5 rings (SSSR count). The second-order valence-corrected chi connectivity index (χ2v) is 6.58. The zero-order chi connectivity index (χ0) is 19.1. The Morgan fingerprint density at radius 2 is 1.43 bits per heavy atom. The van der Waals surface area contributed by atoms with Gasteiger partial charge in [0, 0.05) is 28.6 Å². The third kappa shape index (κ3) is 2.53. The SMILES string of the molecule is O=[N+]([O-])c1ccc(-c2nn3c(ccc4ccccc43)c2-c2ccccc2)cc1. The number of rotatable bonds is 3. The van der Waals surface area contributed by atoms with Gasteiger partial charge in [-0.2, -0.15) is 5.10 Å². The van der Waals surface area contributed by atoms with E-state index in [0.717, 1.165) is 38.8 Å². The van der Waals surface area contributed by atoms with Crippen molar-refractivity contribution in [3.63, 3.8) is 0 Å². The van der Waals surface area contributed by atoms with Gasteiger partial charge in [0.25, 0.3) is 5.69 Å². The van der Waals surface area contributed by atoms with E-state index in [1.807, 2.05) is 40.9 Å². The number of aromatic nitrogens is 2. The fourth-order valence-electron chi connectivity index (χ4n) is 3.59. The Bertz CT molecular complexity index is 1320. The molecule has 5 nitrogen and oxygen atoms in total. The summed E-state index contributed by atoms with van der Waals surface area (Å²) in [6, 6.07) is 28.9. The van der Waals surface area contributed by atoms with Crippen molar-refractivity contribution in [2.45, 2.75) is 0 Å². The molecule has 5 heteroatoms. The third-order valence-corrected chi connectivity index (χ3v) is 4.92. The molecule has 0 bridgehead atoms. The summed E-state index contributed by atoms with van der Waals surface area (Å²) in [5.74, 6) is 0. The van der Waals surface area contributed by atoms with Gasteiger partial charge in [0.15, 0.2) is 0 Å². The molecule has 134 valence electrons. The number of nitro groups is 1. The highest BCUT2D eigenvalue weighted by atomic mass is 16.6. The van der Waals surface area contributed by atoms with Crippen LogP contribution in [0, 0.1) is 10.1 Å². The molecule has 0 spiro atoms. The van der Waals surface area contributed by atoms with Crippen LogP contribution < -0.4 is 0 Å². The number of non-ortho nitro benzene ring substituents is 1. The summed E-state index contributed by atoms with van der Waals surface area (Å²) in [6.45, 7) is 0. The van der Waals surface area contributed by atoms with E-state index in [9.17, 15) is 10.1 Å². The highest BCUT2D eigenvalue weighted by Crippen LogP contribution is 2.36. The predicted molar refractivity (Wildman–Crippen MR) is 110 cm³/mol. The maximum Gasteiger partial charge on any atom is 0.269 e. The number of para-hydroxylation sites is 1. The molecule has 2 aromatic heterocycles. The van der Waals surface area contributed by atoms with Gasteiger partial charge in [0.2, 0.25) is 0 Å². The molecule has 0 amide bonds. The van der Waals surface area contributed by atoms with Gasteiger partial charge < -0.3 is 0 Å². The van der Waals surface area contributed by atoms with Crippen LogP contribution >= 0.6 is 0 Å². The largest absolute Gasteiger partial charge is 0.269 e. The van der Waals surface area contributed by atoms with Gasteiger partial charge in [0.05, 0.1) is 16.0 Å². The summed E-state index contributed by atoms with van der Waals surface area (Å²) in [7, 11) is 0. The summed E-state index contributed by atoms with van der Waals surface area (Å²) in [6.07, 6.45) is 0. The predicted octanol–water partition coefficient (Wildman–Crippen LogP) is 5.73. The zero-order valence-electron chi connectivity index (χ0n) is 14.8. The highest BCUT2D eigenvalue weighted by Gasteiger charge is 2.18. The van der Waals surface area contributed by atoms with Crippen molar-refractivity contribution >= 4 is 22.1 Å². The molecular formula is C23H15N3O2. The fourth-order valence-corrected chi connectivity index (χ4v) is 3.59. The average molecular weight is 365 g/mol. The number of fused-ring (bicyclic) bond motifs is 3. The van der Waals surface area contributed by atoms with Crippen LogP contribution in [-0.2, 0) is 0 Å². The molecule has 0 saturated heterocycles. The van der Waals surface area contributed by atoms with E-state index in [1.54, 1.807) is 12.1 Å². The number of hydrogen-bond donors (Lipinski definition) is 0. The number of benzene rings is 3. The number of nitro benzene ring substituents is 1. The summed E-state index contributed by atoms with van der Waals surface area (Å²) in [5, 5.41) is 17.0. The maximum atomic E-state index is 11.0. The molecule has 0 unspecified atom stereocenters. The normalized spacial score (nSPS) is 11.1. The average Bonchev–Trinajstić information content (AvgIpc) is 3.14. The Labute approximate surface area is 160 Å². The van der Waals surface area contributed by atoms with Crippen LogP contribution in [0.15, 0.2) is 91.0 Å². The monoisotopic (exact) mass is 365 g/mol. The lowest BCUT2D eigenvalue weighted by molar-refractivity contribution is -0.384. The van der Waals surface area contributed by atoms with Gasteiger partial charge in [-0.05, 0) is 29.8 Å². The smallest absolute Gasteiger partial charge is 0.258 e. The first-order chi connectivity index (χ1) is 13.7. The minimum atomic E-state index is -0.390. The molecule has 28 heavy (non-hydrogen) atoms. The molecule has 0 fully saturated rings. The van der Waals surface area contributed by atoms with Gasteiger partial charge >= 0.3 is 0 Å². The standard InChI is InChI=1S/C23H15N3O2/c27-26(28)19-13-10-18(11-14-19)23-22(17-7-2-1-3-8-17)21-15-12-16-6-4-5-9-20(16)25(21)24-23/h1-15H. The topological polar surface area (TPSA) is 60.4 Å². The Morgan fingerprint density at radius 1 is 0.714 bits per heavy atom. The summed E-state index contributed by atoms with van der Waals surface area (Å²) >= 11 is 0. The molecule has 0 aliphatic heterocycles. The van der Waals surface area contributed by atoms with Gasteiger partial charge in [-0.15, -0.1) is 0 Å². The quantitative estimate of drug-likeness (QED) is 0.303. The molecule has 0 radical (unpaired) electrons. The molecular weight excluding hydrogens is 350 g/mol. The molecule has 0 saturated carbocycles. The molecule has 0 atom stereocenters. The Hall–Kier alpha value is -3.99. The minimum Gasteiger partial charge on any atom is -0.258 e. The van der Waals surface area contributed by atoms with Crippen LogP contribution in [0.25, 0.3) is 38.8 Å². The molecule has 5 aromatic rings. The first-order valence-corrected chi connectivity index (χ1v) is 8.93. The third-order valence-electron chi connectivity index (χ3n) is 4.92. The lowest BCUT2D eigenvalue weighted by Gasteiger charge is -2.04. The van der Waals surface area contributed by atoms with Crippen LogP contribution in [-0.4, -0.2) is 14.5 Å². The van der Waals surface area contributed by atoms with Crippen molar-refractivity contribution in [3.05, 3.63) is 101 Å². The molecule has 0 aliphatic rings. The second-order valence-electron chi connectivity index (χ2n) is 6.58. The Morgan fingerprint density at radius 3 is 2.18 bits per heavy atom. The lowest BCUT2D eigenvalue weighted by Crippen LogP contribution is -1.90. The van der Waals surface area contributed by atoms with E-state index in [1.165, 1.54) is 12.1 Å². The van der Waals surface area contributed by atoms with E-state index < -0.39 is 0 Å². The van der Waals surface area contributed by atoms with Crippen LogP contribution in [0.2, 0.25) is 0 Å². The number of pyridine rings is 1. The Balaban J connectivity index is 1.84. The number of nitrogens with zero attached hydrogens (tertiary/aromatic N) is 3. The highest BCUT2D eigenvalue weighted by molar-refractivity contribution is 5.95. The van der Waals surface area contributed by atoms with Gasteiger partial charge in [-0.3, -0.25) is 10.1 Å². The van der Waals surface area contributed by atoms with Gasteiger partial charge in [-0.1, -0.05) is 54.6 Å². The molecule has 0 N–H and O–H groups in total. The van der Waals surface area contributed by atoms with E-state index in [0.29, 0.717) is 0 Å². The van der Waals surface area contributed by atoms with Crippen molar-refractivity contribution in [3.8, 4) is 22.4 Å². The fraction of sp³-hybridized carbons (Fsp3) is 0. The lowest BCUT2D eigenvalue weighted by atomic mass is 9.99. The molecule has 3 aromatic carbocycles. The van der Waals surface area contributed by atoms with E-state index in [-0.39, 0.29) is 10.6 Å². The minimum absolute atomic E-state index is 0.0687. The van der Waals surface area contributed by atoms with Crippen molar-refractivity contribution in [2.75, 3.05) is 0 Å². The van der Waals surface area contributed by atoms with Crippen molar-refractivity contribution in [1.29, 1.82) is 0 Å². The maximum absolute atomic E-state index is 11.0. The van der Waals surface area contributed by atoms with Gasteiger partial charge in [0.1, 0.15) is 5.69 Å². The zero-order valence-corrected chi connectivity index (χ0v) is 14.8. The number of hydrogen-bond acceptors (Lipinski definition) is 3. The van der Waals surface area contributed by atoms with Crippen molar-refractivity contribution in [1.82, 2.24) is 9.61 Å². The first-order valence-electron chi connectivity index (χ1n) is 8.93.